The lowest BCUT2D eigenvalue weighted by Crippen LogP contribution is -2.42. The van der Waals surface area contributed by atoms with Gasteiger partial charge in [0.2, 0.25) is 10.0 Å². The molecule has 1 heterocycles. The first-order valence-electron chi connectivity index (χ1n) is 9.42. The Bertz CT molecular complexity index is 762. The number of rotatable bonds is 8. The monoisotopic (exact) mass is 399 g/mol. The van der Waals surface area contributed by atoms with Gasteiger partial charge in [-0.1, -0.05) is 0 Å². The third-order valence-electron chi connectivity index (χ3n) is 4.46. The average Bonchev–Trinajstić information content (AvgIpc) is 2.64. The molecule has 0 N–H and O–H groups in total. The van der Waals surface area contributed by atoms with Gasteiger partial charge in [-0.3, -0.25) is 4.79 Å². The Labute approximate surface area is 161 Å². The Morgan fingerprint density at radius 2 is 1.78 bits per heavy atom. The Morgan fingerprint density at radius 3 is 2.41 bits per heavy atom. The maximum absolute atomic E-state index is 13.3. The highest BCUT2D eigenvalue weighted by atomic mass is 32.2. The Kier molecular flexibility index (Phi) is 7.49. The van der Waals surface area contributed by atoms with Gasteiger partial charge < -0.3 is 14.2 Å². The van der Waals surface area contributed by atoms with Crippen molar-refractivity contribution in [2.45, 2.75) is 45.4 Å². The number of aryl methyl sites for hydroxylation is 1. The summed E-state index contributed by atoms with van der Waals surface area (Å²) >= 11 is 0. The van der Waals surface area contributed by atoms with Crippen molar-refractivity contribution in [2.24, 2.45) is 5.92 Å². The lowest BCUT2D eigenvalue weighted by molar-refractivity contribution is -0.149. The third-order valence-corrected chi connectivity index (χ3v) is 6.35. The topological polar surface area (TPSA) is 82.1 Å². The van der Waals surface area contributed by atoms with Crippen LogP contribution >= 0.6 is 0 Å². The van der Waals surface area contributed by atoms with Crippen LogP contribution in [0.5, 0.6) is 11.5 Å². The van der Waals surface area contributed by atoms with E-state index in [1.165, 1.54) is 10.4 Å². The number of hydrogen-bond acceptors (Lipinski definition) is 6. The molecule has 0 aliphatic carbocycles. The minimum atomic E-state index is -3.83. The van der Waals surface area contributed by atoms with Crippen molar-refractivity contribution in [1.82, 2.24) is 4.31 Å². The average molecular weight is 400 g/mol. The summed E-state index contributed by atoms with van der Waals surface area (Å²) in [4.78, 5) is 12.1. The molecule has 2 rings (SSSR count). The number of benzene rings is 1. The largest absolute Gasteiger partial charge is 0.494 e. The summed E-state index contributed by atoms with van der Waals surface area (Å²) in [7, 11) is -3.83. The van der Waals surface area contributed by atoms with Gasteiger partial charge in [0.1, 0.15) is 16.4 Å². The molecule has 7 nitrogen and oxygen atoms in total. The molecule has 0 bridgehead atoms. The van der Waals surface area contributed by atoms with Crippen molar-refractivity contribution in [2.75, 3.05) is 32.9 Å². The number of carbonyl (C=O) groups is 1. The van der Waals surface area contributed by atoms with E-state index in [1.54, 1.807) is 19.9 Å². The second kappa shape index (κ2) is 9.41. The van der Waals surface area contributed by atoms with Gasteiger partial charge in [-0.2, -0.15) is 4.31 Å². The molecule has 1 aromatic rings. The minimum absolute atomic E-state index is 0.0721. The second-order valence-electron chi connectivity index (χ2n) is 6.38. The SMILES string of the molecule is CCOC(=O)[C@H]1CCCN(S(=O)(=O)c2cc(OCC)c(C)cc2OCC)C1. The summed E-state index contributed by atoms with van der Waals surface area (Å²) < 4.78 is 44.2. The van der Waals surface area contributed by atoms with Crippen molar-refractivity contribution in [3.8, 4) is 11.5 Å². The molecule has 1 saturated heterocycles. The van der Waals surface area contributed by atoms with Gasteiger partial charge in [-0.05, 0) is 52.2 Å². The van der Waals surface area contributed by atoms with E-state index >= 15 is 0 Å². The lowest BCUT2D eigenvalue weighted by atomic mass is 10.0. The van der Waals surface area contributed by atoms with E-state index in [2.05, 4.69) is 0 Å². The smallest absolute Gasteiger partial charge is 0.310 e. The van der Waals surface area contributed by atoms with E-state index < -0.39 is 15.9 Å². The summed E-state index contributed by atoms with van der Waals surface area (Å²) in [5.41, 5.74) is 0.808. The van der Waals surface area contributed by atoms with E-state index in [9.17, 15) is 13.2 Å². The summed E-state index contributed by atoms with van der Waals surface area (Å²) in [5.74, 6) is 0.0253. The molecule has 0 amide bonds. The maximum atomic E-state index is 13.3. The van der Waals surface area contributed by atoms with Gasteiger partial charge in [0.05, 0.1) is 25.7 Å². The lowest BCUT2D eigenvalue weighted by Gasteiger charge is -2.31. The molecule has 27 heavy (non-hydrogen) atoms. The van der Waals surface area contributed by atoms with Gasteiger partial charge in [0.15, 0.2) is 0 Å². The predicted molar refractivity (Wildman–Crippen MR) is 102 cm³/mol. The number of hydrogen-bond donors (Lipinski definition) is 0. The van der Waals surface area contributed by atoms with E-state index in [4.69, 9.17) is 14.2 Å². The quantitative estimate of drug-likeness (QED) is 0.625. The van der Waals surface area contributed by atoms with Crippen molar-refractivity contribution in [3.63, 3.8) is 0 Å². The Balaban J connectivity index is 2.39. The predicted octanol–water partition coefficient (Wildman–Crippen LogP) is 2.76. The maximum Gasteiger partial charge on any atom is 0.310 e. The first-order chi connectivity index (χ1) is 12.8. The molecule has 0 unspecified atom stereocenters. The van der Waals surface area contributed by atoms with E-state index in [0.717, 1.165) is 5.56 Å². The fraction of sp³-hybridized carbons (Fsp3) is 0.632. The number of piperidine rings is 1. The highest BCUT2D eigenvalue weighted by Crippen LogP contribution is 2.35. The van der Waals surface area contributed by atoms with Gasteiger partial charge in [0.25, 0.3) is 0 Å². The van der Waals surface area contributed by atoms with Crippen molar-refractivity contribution in [1.29, 1.82) is 0 Å². The fourth-order valence-electron chi connectivity index (χ4n) is 3.18. The minimum Gasteiger partial charge on any atom is -0.494 e. The van der Waals surface area contributed by atoms with Crippen molar-refractivity contribution in [3.05, 3.63) is 17.7 Å². The molecule has 0 saturated carbocycles. The van der Waals surface area contributed by atoms with Crippen LogP contribution in [-0.2, 0) is 19.6 Å². The molecular formula is C19H29NO6S. The van der Waals surface area contributed by atoms with Crippen LogP contribution in [-0.4, -0.2) is 51.6 Å². The summed E-state index contributed by atoms with van der Waals surface area (Å²) in [5, 5.41) is 0. The normalized spacial score (nSPS) is 18.1. The molecule has 1 fully saturated rings. The molecule has 0 radical (unpaired) electrons. The number of sulfonamides is 1. The zero-order valence-corrected chi connectivity index (χ0v) is 17.3. The molecular weight excluding hydrogens is 370 g/mol. The van der Waals surface area contributed by atoms with Gasteiger partial charge in [-0.25, -0.2) is 8.42 Å². The van der Waals surface area contributed by atoms with Crippen LogP contribution in [0.3, 0.4) is 0 Å². The van der Waals surface area contributed by atoms with E-state index in [0.29, 0.717) is 44.1 Å². The first-order valence-corrected chi connectivity index (χ1v) is 10.9. The molecule has 1 aliphatic heterocycles. The molecule has 8 heteroatoms. The highest BCUT2D eigenvalue weighted by Gasteiger charge is 2.36. The van der Waals surface area contributed by atoms with Crippen LogP contribution < -0.4 is 9.47 Å². The fourth-order valence-corrected chi connectivity index (χ4v) is 4.83. The molecule has 0 aromatic heterocycles. The number of nitrogens with zero attached hydrogens (tertiary/aromatic N) is 1. The number of esters is 1. The molecule has 1 atom stereocenters. The van der Waals surface area contributed by atoms with Crippen LogP contribution in [0.4, 0.5) is 0 Å². The number of carbonyl (C=O) groups excluding carboxylic acids is 1. The van der Waals surface area contributed by atoms with E-state index in [1.807, 2.05) is 13.8 Å². The Morgan fingerprint density at radius 1 is 1.11 bits per heavy atom. The third kappa shape index (κ3) is 4.93. The van der Waals surface area contributed by atoms with Crippen LogP contribution in [0.25, 0.3) is 0 Å². The van der Waals surface area contributed by atoms with Crippen LogP contribution in [0, 0.1) is 12.8 Å². The molecule has 152 valence electrons. The first kappa shape index (κ1) is 21.5. The van der Waals surface area contributed by atoms with Crippen LogP contribution in [0.2, 0.25) is 0 Å². The Hall–Kier alpha value is -1.80. The number of ether oxygens (including phenoxy) is 3. The van der Waals surface area contributed by atoms with Crippen LogP contribution in [0.1, 0.15) is 39.2 Å². The second-order valence-corrected chi connectivity index (χ2v) is 8.29. The zero-order chi connectivity index (χ0) is 20.0. The summed E-state index contributed by atoms with van der Waals surface area (Å²) in [6, 6.07) is 3.21. The summed E-state index contributed by atoms with van der Waals surface area (Å²) in [6.45, 7) is 8.79. The van der Waals surface area contributed by atoms with Gasteiger partial charge >= 0.3 is 5.97 Å². The van der Waals surface area contributed by atoms with Crippen LogP contribution in [0.15, 0.2) is 17.0 Å². The molecule has 1 aliphatic rings. The van der Waals surface area contributed by atoms with Crippen molar-refractivity contribution >= 4 is 16.0 Å². The van der Waals surface area contributed by atoms with Gasteiger partial charge in [0, 0.05) is 19.2 Å². The summed E-state index contributed by atoms with van der Waals surface area (Å²) in [6.07, 6.45) is 1.23. The van der Waals surface area contributed by atoms with Gasteiger partial charge in [-0.15, -0.1) is 0 Å². The molecule has 0 spiro atoms. The molecule has 1 aromatic carbocycles. The highest BCUT2D eigenvalue weighted by molar-refractivity contribution is 7.89. The van der Waals surface area contributed by atoms with Crippen molar-refractivity contribution < 1.29 is 27.4 Å². The standard InChI is InChI=1S/C19H29NO6S/c1-5-24-16-12-18(17(25-6-2)11-14(16)4)27(22,23)20-10-8-9-15(13-20)19(21)26-7-3/h11-12,15H,5-10,13H2,1-4H3/t15-/m0/s1. The van der Waals surface area contributed by atoms with E-state index in [-0.39, 0.29) is 24.0 Å². The zero-order valence-electron chi connectivity index (χ0n) is 16.5.